The molecule has 0 aromatic heterocycles. The first-order valence-electron chi connectivity index (χ1n) is 3.50. The van der Waals surface area contributed by atoms with Crippen LogP contribution in [0.5, 0.6) is 0 Å². The van der Waals surface area contributed by atoms with Crippen molar-refractivity contribution >= 4 is 5.69 Å². The van der Waals surface area contributed by atoms with Gasteiger partial charge in [-0.05, 0) is 18.2 Å². The van der Waals surface area contributed by atoms with Gasteiger partial charge >= 0.3 is 0 Å². The number of halogens is 1. The molecule has 0 aliphatic carbocycles. The third-order valence-electron chi connectivity index (χ3n) is 1.59. The second kappa shape index (κ2) is 3.36. The van der Waals surface area contributed by atoms with Crippen molar-refractivity contribution in [2.75, 3.05) is 5.73 Å². The summed E-state index contributed by atoms with van der Waals surface area (Å²) in [6.45, 7) is 3.38. The van der Waals surface area contributed by atoms with Gasteiger partial charge in [0.15, 0.2) is 0 Å². The Bertz CT molecular complexity index is 299. The van der Waals surface area contributed by atoms with Crippen molar-refractivity contribution in [1.29, 1.82) is 0 Å². The van der Waals surface area contributed by atoms with E-state index in [-0.39, 0.29) is 0 Å². The van der Waals surface area contributed by atoms with Gasteiger partial charge in [0.25, 0.3) is 0 Å². The van der Waals surface area contributed by atoms with Gasteiger partial charge in [0.1, 0.15) is 5.82 Å². The van der Waals surface area contributed by atoms with Gasteiger partial charge in [-0.2, -0.15) is 0 Å². The summed E-state index contributed by atoms with van der Waals surface area (Å²) in [5.41, 5.74) is 6.21. The van der Waals surface area contributed by atoms with Crippen LogP contribution in [0.4, 0.5) is 10.1 Å². The zero-order valence-corrected chi connectivity index (χ0v) is 6.50. The van der Waals surface area contributed by atoms with Gasteiger partial charge in [0.05, 0.1) is 6.10 Å². The molecule has 0 amide bonds. The molecular weight excluding hydrogens is 157 g/mol. The summed E-state index contributed by atoms with van der Waals surface area (Å²) in [6.07, 6.45) is 0.395. The molecule has 1 rings (SSSR count). The molecule has 3 N–H and O–H groups in total. The summed E-state index contributed by atoms with van der Waals surface area (Å²) < 4.78 is 12.6. The number of nitrogen functional groups attached to an aromatic ring is 1. The van der Waals surface area contributed by atoms with Crippen LogP contribution in [0.1, 0.15) is 11.7 Å². The molecule has 64 valence electrons. The van der Waals surface area contributed by atoms with E-state index >= 15 is 0 Å². The number of anilines is 1. The topological polar surface area (TPSA) is 46.2 Å². The molecule has 0 spiro atoms. The van der Waals surface area contributed by atoms with Gasteiger partial charge in [-0.25, -0.2) is 4.39 Å². The van der Waals surface area contributed by atoms with Crippen LogP contribution >= 0.6 is 0 Å². The largest absolute Gasteiger partial charge is 0.398 e. The monoisotopic (exact) mass is 167 g/mol. The summed E-state index contributed by atoms with van der Waals surface area (Å²) in [4.78, 5) is 0. The van der Waals surface area contributed by atoms with E-state index in [1.807, 2.05) is 0 Å². The second-order valence-electron chi connectivity index (χ2n) is 2.45. The highest BCUT2D eigenvalue weighted by atomic mass is 19.1. The summed E-state index contributed by atoms with van der Waals surface area (Å²) in [7, 11) is 0. The van der Waals surface area contributed by atoms with Crippen molar-refractivity contribution in [2.24, 2.45) is 0 Å². The Morgan fingerprint density at radius 3 is 2.83 bits per heavy atom. The van der Waals surface area contributed by atoms with Crippen LogP contribution in [0, 0.1) is 5.82 Å². The number of aliphatic hydroxyl groups excluding tert-OH is 1. The number of nitrogens with two attached hydrogens (primary N) is 1. The number of aliphatic hydroxyl groups is 1. The number of hydrogen-bond acceptors (Lipinski definition) is 2. The minimum absolute atomic E-state index is 0.352. The molecule has 0 aliphatic heterocycles. The Morgan fingerprint density at radius 2 is 2.25 bits per heavy atom. The first kappa shape index (κ1) is 8.74. The third-order valence-corrected chi connectivity index (χ3v) is 1.59. The first-order chi connectivity index (χ1) is 5.65. The fraction of sp³-hybridized carbons (Fsp3) is 0.111. The van der Waals surface area contributed by atoms with Crippen molar-refractivity contribution in [3.8, 4) is 0 Å². The summed E-state index contributed by atoms with van der Waals surface area (Å²) in [6, 6.07) is 3.85. The summed E-state index contributed by atoms with van der Waals surface area (Å²) in [5.74, 6) is -0.417. The average molecular weight is 167 g/mol. The number of benzene rings is 1. The van der Waals surface area contributed by atoms with Gasteiger partial charge < -0.3 is 10.8 Å². The third kappa shape index (κ3) is 1.62. The Labute approximate surface area is 70.1 Å². The van der Waals surface area contributed by atoms with Crippen LogP contribution in [0.15, 0.2) is 30.9 Å². The van der Waals surface area contributed by atoms with E-state index in [0.29, 0.717) is 11.3 Å². The molecule has 1 aromatic carbocycles. The zero-order valence-electron chi connectivity index (χ0n) is 6.50. The molecule has 0 bridgehead atoms. The predicted octanol–water partition coefficient (Wildman–Crippen LogP) is 1.63. The van der Waals surface area contributed by atoms with Crippen molar-refractivity contribution in [2.45, 2.75) is 6.10 Å². The lowest BCUT2D eigenvalue weighted by molar-refractivity contribution is 0.229. The lowest BCUT2D eigenvalue weighted by Gasteiger charge is -2.08. The molecule has 1 atom stereocenters. The van der Waals surface area contributed by atoms with E-state index < -0.39 is 11.9 Å². The van der Waals surface area contributed by atoms with Crippen LogP contribution in [-0.4, -0.2) is 5.11 Å². The molecule has 0 aliphatic rings. The Hall–Kier alpha value is -1.35. The fourth-order valence-electron chi connectivity index (χ4n) is 0.929. The quantitative estimate of drug-likeness (QED) is 0.519. The predicted molar refractivity (Wildman–Crippen MR) is 46.0 cm³/mol. The maximum Gasteiger partial charge on any atom is 0.123 e. The molecule has 0 saturated carbocycles. The Balaban J connectivity index is 3.12. The summed E-state index contributed by atoms with van der Waals surface area (Å²) in [5, 5.41) is 9.27. The minimum Gasteiger partial charge on any atom is -0.398 e. The van der Waals surface area contributed by atoms with Crippen LogP contribution in [0.25, 0.3) is 0 Å². The lowest BCUT2D eigenvalue weighted by atomic mass is 10.1. The van der Waals surface area contributed by atoms with Crippen molar-refractivity contribution in [3.63, 3.8) is 0 Å². The van der Waals surface area contributed by atoms with Crippen LogP contribution in [0.3, 0.4) is 0 Å². The van der Waals surface area contributed by atoms with Gasteiger partial charge in [0.2, 0.25) is 0 Å². The number of hydrogen-bond donors (Lipinski definition) is 2. The SMILES string of the molecule is C=CC(O)c1cc(F)ccc1N. The fourth-order valence-corrected chi connectivity index (χ4v) is 0.929. The molecule has 0 fully saturated rings. The highest BCUT2D eigenvalue weighted by molar-refractivity contribution is 5.48. The molecular formula is C9H10FNO. The molecule has 1 unspecified atom stereocenters. The average Bonchev–Trinajstić information content (AvgIpc) is 2.08. The zero-order chi connectivity index (χ0) is 9.14. The van der Waals surface area contributed by atoms with E-state index in [2.05, 4.69) is 6.58 Å². The van der Waals surface area contributed by atoms with Gasteiger partial charge in [-0.15, -0.1) is 6.58 Å². The normalized spacial score (nSPS) is 12.5. The maximum atomic E-state index is 12.6. The molecule has 3 heteroatoms. The van der Waals surface area contributed by atoms with E-state index in [0.717, 1.165) is 0 Å². The second-order valence-corrected chi connectivity index (χ2v) is 2.45. The van der Waals surface area contributed by atoms with Crippen LogP contribution in [0.2, 0.25) is 0 Å². The Kier molecular flexibility index (Phi) is 2.45. The smallest absolute Gasteiger partial charge is 0.123 e. The molecule has 0 heterocycles. The standard InChI is InChI=1S/C9H10FNO/c1-2-9(12)7-5-6(10)3-4-8(7)11/h2-5,9,12H,1,11H2. The molecule has 0 saturated heterocycles. The minimum atomic E-state index is -0.902. The van der Waals surface area contributed by atoms with Crippen molar-refractivity contribution < 1.29 is 9.50 Å². The van der Waals surface area contributed by atoms with Crippen molar-refractivity contribution in [1.82, 2.24) is 0 Å². The molecule has 12 heavy (non-hydrogen) atoms. The van der Waals surface area contributed by atoms with Gasteiger partial charge in [-0.3, -0.25) is 0 Å². The van der Waals surface area contributed by atoms with Crippen LogP contribution < -0.4 is 5.73 Å². The Morgan fingerprint density at radius 1 is 1.58 bits per heavy atom. The van der Waals surface area contributed by atoms with E-state index in [9.17, 15) is 9.50 Å². The lowest BCUT2D eigenvalue weighted by Crippen LogP contribution is -1.99. The van der Waals surface area contributed by atoms with Crippen LogP contribution in [-0.2, 0) is 0 Å². The van der Waals surface area contributed by atoms with E-state index in [1.165, 1.54) is 24.3 Å². The molecule has 1 aromatic rings. The summed E-state index contributed by atoms with van der Waals surface area (Å²) >= 11 is 0. The number of rotatable bonds is 2. The van der Waals surface area contributed by atoms with Gasteiger partial charge in [0, 0.05) is 11.3 Å². The highest BCUT2D eigenvalue weighted by Crippen LogP contribution is 2.21. The maximum absolute atomic E-state index is 12.6. The van der Waals surface area contributed by atoms with Crippen molar-refractivity contribution in [3.05, 3.63) is 42.2 Å². The molecule has 0 radical (unpaired) electrons. The first-order valence-corrected chi connectivity index (χ1v) is 3.50. The van der Waals surface area contributed by atoms with E-state index in [4.69, 9.17) is 5.73 Å². The highest BCUT2D eigenvalue weighted by Gasteiger charge is 2.07. The molecule has 2 nitrogen and oxygen atoms in total. The van der Waals surface area contributed by atoms with E-state index in [1.54, 1.807) is 0 Å². The van der Waals surface area contributed by atoms with Gasteiger partial charge in [-0.1, -0.05) is 6.08 Å².